The second-order valence-electron chi connectivity index (χ2n) is 8.32. The number of aryl methyl sites for hydroxylation is 1. The summed E-state index contributed by atoms with van der Waals surface area (Å²) in [5.41, 5.74) is 3.53. The molecule has 9 heteroatoms. The summed E-state index contributed by atoms with van der Waals surface area (Å²) >= 11 is 5.67. The molecule has 1 heterocycles. The largest absolute Gasteiger partial charge is 0.490 e. The van der Waals surface area contributed by atoms with Gasteiger partial charge in [-0.05, 0) is 90.4 Å². The number of carbonyl (C=O) groups is 3. The molecule has 1 N–H and O–H groups in total. The quantitative estimate of drug-likeness (QED) is 0.180. The minimum Gasteiger partial charge on any atom is -0.490 e. The van der Waals surface area contributed by atoms with Crippen LogP contribution in [0.3, 0.4) is 0 Å². The predicted molar refractivity (Wildman–Crippen MR) is 154 cm³/mol. The molecule has 3 aromatic carbocycles. The summed E-state index contributed by atoms with van der Waals surface area (Å²) in [6.07, 6.45) is 1.46. The van der Waals surface area contributed by atoms with E-state index in [0.29, 0.717) is 36.0 Å². The summed E-state index contributed by atoms with van der Waals surface area (Å²) in [4.78, 5) is 39.7. The van der Waals surface area contributed by atoms with E-state index in [1.165, 1.54) is 6.08 Å². The van der Waals surface area contributed by atoms with E-state index in [4.69, 9.17) is 9.47 Å². The fourth-order valence-electron chi connectivity index (χ4n) is 3.86. The number of nitrogens with one attached hydrogen (secondary N) is 1. The highest BCUT2D eigenvalue weighted by Gasteiger charge is 2.37. The molecule has 0 bridgehead atoms. The van der Waals surface area contributed by atoms with Crippen LogP contribution in [0.15, 0.2) is 64.6 Å². The first kappa shape index (κ1) is 26.9. The van der Waals surface area contributed by atoms with E-state index in [9.17, 15) is 14.4 Å². The fourth-order valence-corrected chi connectivity index (χ4v) is 5.04. The molecule has 1 aliphatic rings. The maximum atomic E-state index is 13.4. The van der Waals surface area contributed by atoms with Crippen molar-refractivity contribution >= 4 is 68.1 Å². The summed E-state index contributed by atoms with van der Waals surface area (Å²) in [7, 11) is 0. The van der Waals surface area contributed by atoms with Crippen molar-refractivity contribution in [1.82, 2.24) is 5.32 Å². The summed E-state index contributed by atoms with van der Waals surface area (Å²) < 4.78 is 13.6. The van der Waals surface area contributed by atoms with Crippen molar-refractivity contribution in [1.29, 1.82) is 0 Å². The number of nitrogens with zero attached hydrogens (tertiary/aromatic N) is 1. The molecule has 4 amide bonds. The molecule has 0 aliphatic carbocycles. The smallest absolute Gasteiger partial charge is 0.335 e. The number of ether oxygens (including phenoxy) is 2. The SMILES string of the molecule is CCOc1cc(/C=C2\C(=O)NC(=O)N(c3cccc(C)c3C)C2=O)cc(I)c1OCc1ccccc1Br. The molecule has 0 radical (unpaired) electrons. The topological polar surface area (TPSA) is 84.9 Å². The predicted octanol–water partition coefficient (Wildman–Crippen LogP) is 6.31. The summed E-state index contributed by atoms with van der Waals surface area (Å²) in [5.74, 6) is -0.394. The van der Waals surface area contributed by atoms with E-state index < -0.39 is 17.8 Å². The van der Waals surface area contributed by atoms with Crippen LogP contribution in [0, 0.1) is 17.4 Å². The van der Waals surface area contributed by atoms with Gasteiger partial charge < -0.3 is 9.47 Å². The molecule has 4 rings (SSSR count). The molecule has 0 spiro atoms. The summed E-state index contributed by atoms with van der Waals surface area (Å²) in [5, 5.41) is 2.28. The third-order valence-corrected chi connectivity index (χ3v) is 7.47. The number of hydrogen-bond donors (Lipinski definition) is 1. The van der Waals surface area contributed by atoms with E-state index in [-0.39, 0.29) is 5.57 Å². The number of barbiturate groups is 1. The van der Waals surface area contributed by atoms with Gasteiger partial charge >= 0.3 is 6.03 Å². The number of amides is 4. The average Bonchev–Trinajstić information content (AvgIpc) is 2.85. The van der Waals surface area contributed by atoms with Crippen LogP contribution in [0.4, 0.5) is 10.5 Å². The van der Waals surface area contributed by atoms with Crippen LogP contribution >= 0.6 is 38.5 Å². The van der Waals surface area contributed by atoms with Crippen molar-refractivity contribution in [3.63, 3.8) is 0 Å². The maximum absolute atomic E-state index is 13.4. The zero-order valence-corrected chi connectivity index (χ0v) is 24.2. The van der Waals surface area contributed by atoms with Crippen molar-refractivity contribution in [2.75, 3.05) is 11.5 Å². The van der Waals surface area contributed by atoms with Crippen LogP contribution in [-0.2, 0) is 16.2 Å². The number of hydrogen-bond acceptors (Lipinski definition) is 5. The Morgan fingerprint density at radius 3 is 2.51 bits per heavy atom. The Balaban J connectivity index is 1.69. The average molecular weight is 675 g/mol. The van der Waals surface area contributed by atoms with Crippen LogP contribution in [0.5, 0.6) is 11.5 Å². The van der Waals surface area contributed by atoms with Crippen molar-refractivity contribution < 1.29 is 23.9 Å². The van der Waals surface area contributed by atoms with Crippen molar-refractivity contribution in [2.45, 2.75) is 27.4 Å². The van der Waals surface area contributed by atoms with Gasteiger partial charge in [-0.2, -0.15) is 0 Å². The molecule has 3 aromatic rings. The molecule has 0 atom stereocenters. The van der Waals surface area contributed by atoms with Gasteiger partial charge in [0.05, 0.1) is 15.9 Å². The standard InChI is InChI=1S/C28H24BrIN2O5/c1-4-36-24-14-18(13-22(30)25(24)37-15-19-9-5-6-10-21(19)29)12-20-26(33)31-28(35)32(27(20)34)23-11-7-8-16(2)17(23)3/h5-14H,4,15H2,1-3H3,(H,31,33,35)/b20-12+. The van der Waals surface area contributed by atoms with Gasteiger partial charge in [0.1, 0.15) is 12.2 Å². The molecule has 7 nitrogen and oxygen atoms in total. The number of imide groups is 2. The lowest BCUT2D eigenvalue weighted by Crippen LogP contribution is -2.54. The lowest BCUT2D eigenvalue weighted by atomic mass is 10.0. The van der Waals surface area contributed by atoms with Crippen LogP contribution < -0.4 is 19.7 Å². The molecule has 0 unspecified atom stereocenters. The number of carbonyl (C=O) groups excluding carboxylic acids is 3. The molecular formula is C28H24BrIN2O5. The molecular weight excluding hydrogens is 651 g/mol. The van der Waals surface area contributed by atoms with Gasteiger partial charge in [0, 0.05) is 10.0 Å². The van der Waals surface area contributed by atoms with E-state index >= 15 is 0 Å². The Bertz CT molecular complexity index is 1440. The van der Waals surface area contributed by atoms with Crippen LogP contribution in [0.1, 0.15) is 29.2 Å². The highest BCUT2D eigenvalue weighted by atomic mass is 127. The molecule has 1 fully saturated rings. The minimum absolute atomic E-state index is 0.152. The van der Waals surface area contributed by atoms with Gasteiger partial charge in [0.25, 0.3) is 11.8 Å². The first-order valence-electron chi connectivity index (χ1n) is 11.5. The monoisotopic (exact) mass is 674 g/mol. The van der Waals surface area contributed by atoms with Gasteiger partial charge in [-0.3, -0.25) is 14.9 Å². The molecule has 190 valence electrons. The van der Waals surface area contributed by atoms with Crippen LogP contribution in [0.25, 0.3) is 6.08 Å². The fraction of sp³-hybridized carbons (Fsp3) is 0.179. The van der Waals surface area contributed by atoms with Gasteiger partial charge in [0.2, 0.25) is 0 Å². The lowest BCUT2D eigenvalue weighted by Gasteiger charge is -2.28. The normalized spacial score (nSPS) is 14.7. The van der Waals surface area contributed by atoms with Gasteiger partial charge in [-0.15, -0.1) is 0 Å². The Hall–Kier alpha value is -3.18. The van der Waals surface area contributed by atoms with Crippen molar-refractivity contribution in [3.8, 4) is 11.5 Å². The third kappa shape index (κ3) is 5.72. The first-order valence-corrected chi connectivity index (χ1v) is 13.4. The first-order chi connectivity index (χ1) is 17.7. The highest BCUT2D eigenvalue weighted by Crippen LogP contribution is 2.36. The number of urea groups is 1. The Morgan fingerprint density at radius 2 is 1.78 bits per heavy atom. The third-order valence-electron chi connectivity index (χ3n) is 5.89. The number of anilines is 1. The molecule has 37 heavy (non-hydrogen) atoms. The lowest BCUT2D eigenvalue weighted by molar-refractivity contribution is -0.122. The molecule has 0 aromatic heterocycles. The molecule has 1 saturated heterocycles. The summed E-state index contributed by atoms with van der Waals surface area (Å²) in [6.45, 7) is 6.31. The van der Waals surface area contributed by atoms with Gasteiger partial charge in [0.15, 0.2) is 11.5 Å². The van der Waals surface area contributed by atoms with Crippen molar-refractivity contribution in [2.24, 2.45) is 0 Å². The van der Waals surface area contributed by atoms with Crippen LogP contribution in [-0.4, -0.2) is 24.5 Å². The number of benzene rings is 3. The Morgan fingerprint density at radius 1 is 1.03 bits per heavy atom. The zero-order valence-electron chi connectivity index (χ0n) is 20.4. The second kappa shape index (κ2) is 11.5. The number of rotatable bonds is 7. The van der Waals surface area contributed by atoms with E-state index in [0.717, 1.165) is 29.6 Å². The zero-order chi connectivity index (χ0) is 26.7. The molecule has 0 saturated carbocycles. The Labute approximate surface area is 237 Å². The number of halogens is 2. The van der Waals surface area contributed by atoms with E-state index in [1.807, 2.05) is 51.1 Å². The second-order valence-corrected chi connectivity index (χ2v) is 10.3. The van der Waals surface area contributed by atoms with Crippen molar-refractivity contribution in [3.05, 3.63) is 90.5 Å². The van der Waals surface area contributed by atoms with E-state index in [1.54, 1.807) is 24.3 Å². The van der Waals surface area contributed by atoms with E-state index in [2.05, 4.69) is 43.8 Å². The summed E-state index contributed by atoms with van der Waals surface area (Å²) in [6, 6.07) is 15.9. The minimum atomic E-state index is -0.777. The van der Waals surface area contributed by atoms with Gasteiger partial charge in [-0.1, -0.05) is 46.3 Å². The Kier molecular flexibility index (Phi) is 8.33. The molecule has 1 aliphatic heterocycles. The maximum Gasteiger partial charge on any atom is 0.335 e. The highest BCUT2D eigenvalue weighted by molar-refractivity contribution is 14.1. The van der Waals surface area contributed by atoms with Gasteiger partial charge in [-0.25, -0.2) is 9.69 Å². The van der Waals surface area contributed by atoms with Crippen LogP contribution in [0.2, 0.25) is 0 Å².